The number of nitrogens with one attached hydrogen (secondary N) is 2. The molecule has 0 spiro atoms. The molecule has 0 saturated carbocycles. The van der Waals surface area contributed by atoms with E-state index >= 15 is 0 Å². The molecule has 21 heavy (non-hydrogen) atoms. The molecule has 0 radical (unpaired) electrons. The number of esters is 1. The minimum Gasteiger partial charge on any atom is -0.489 e. The monoisotopic (exact) mass is 288 g/mol. The molecule has 2 rings (SSSR count). The number of methoxy groups -OCH3 is 1. The molecule has 1 atom stereocenters. The molecule has 0 fully saturated rings. The van der Waals surface area contributed by atoms with E-state index < -0.39 is 0 Å². The first kappa shape index (κ1) is 15.0. The summed E-state index contributed by atoms with van der Waals surface area (Å²) in [5.41, 5.74) is 2.13. The number of carbonyl (C=O) groups is 1. The standard InChI is InChI=1S/C16H20N2O3/c1-4-5-6-7-12-10-21-14-9-11(16(19)20-3)8-13(17-2)15(14)18-12/h8-9,12,17-18H,4,7,10H2,1-3H3/t12-/m0/s1. The quantitative estimate of drug-likeness (QED) is 0.661. The average Bonchev–Trinajstić information content (AvgIpc) is 2.53. The van der Waals surface area contributed by atoms with Gasteiger partial charge in [-0.05, 0) is 12.1 Å². The fourth-order valence-electron chi connectivity index (χ4n) is 2.18. The van der Waals surface area contributed by atoms with E-state index in [0.717, 1.165) is 24.2 Å². The number of ether oxygens (including phenoxy) is 2. The minimum atomic E-state index is -0.381. The number of benzene rings is 1. The fourth-order valence-corrected chi connectivity index (χ4v) is 2.18. The normalized spacial score (nSPS) is 15.7. The number of hydrogen-bond donors (Lipinski definition) is 2. The molecule has 1 aliphatic heterocycles. The Labute approximate surface area is 125 Å². The highest BCUT2D eigenvalue weighted by Gasteiger charge is 2.23. The van der Waals surface area contributed by atoms with Crippen LogP contribution >= 0.6 is 0 Å². The van der Waals surface area contributed by atoms with Gasteiger partial charge in [-0.15, -0.1) is 11.8 Å². The van der Waals surface area contributed by atoms with Gasteiger partial charge in [0.25, 0.3) is 0 Å². The van der Waals surface area contributed by atoms with E-state index in [-0.39, 0.29) is 12.0 Å². The van der Waals surface area contributed by atoms with Crippen molar-refractivity contribution in [2.75, 3.05) is 31.4 Å². The molecule has 5 heteroatoms. The van der Waals surface area contributed by atoms with Gasteiger partial charge in [0.15, 0.2) is 0 Å². The summed E-state index contributed by atoms with van der Waals surface area (Å²) in [6.45, 7) is 2.56. The molecule has 0 aromatic heterocycles. The third-order valence-corrected chi connectivity index (χ3v) is 3.23. The van der Waals surface area contributed by atoms with Gasteiger partial charge in [-0.1, -0.05) is 6.92 Å². The lowest BCUT2D eigenvalue weighted by atomic mass is 10.1. The van der Waals surface area contributed by atoms with Gasteiger partial charge < -0.3 is 20.1 Å². The number of anilines is 2. The smallest absolute Gasteiger partial charge is 0.338 e. The Balaban J connectivity index is 2.25. The van der Waals surface area contributed by atoms with Crippen molar-refractivity contribution in [1.82, 2.24) is 0 Å². The van der Waals surface area contributed by atoms with E-state index in [1.54, 1.807) is 19.2 Å². The average molecular weight is 288 g/mol. The van der Waals surface area contributed by atoms with Crippen LogP contribution in [0.25, 0.3) is 0 Å². The number of rotatable bonds is 3. The molecule has 1 aliphatic rings. The molecule has 0 amide bonds. The van der Waals surface area contributed by atoms with Crippen LogP contribution in [-0.4, -0.2) is 32.8 Å². The van der Waals surface area contributed by atoms with Crippen molar-refractivity contribution in [3.05, 3.63) is 17.7 Å². The van der Waals surface area contributed by atoms with Crippen LogP contribution in [0.5, 0.6) is 5.75 Å². The molecular formula is C16H20N2O3. The lowest BCUT2D eigenvalue weighted by molar-refractivity contribution is 0.0600. The van der Waals surface area contributed by atoms with Crippen LogP contribution in [0.4, 0.5) is 11.4 Å². The third kappa shape index (κ3) is 3.40. The van der Waals surface area contributed by atoms with Crippen molar-refractivity contribution < 1.29 is 14.3 Å². The van der Waals surface area contributed by atoms with Gasteiger partial charge in [0.1, 0.15) is 18.0 Å². The van der Waals surface area contributed by atoms with Gasteiger partial charge >= 0.3 is 5.97 Å². The summed E-state index contributed by atoms with van der Waals surface area (Å²) in [6.07, 6.45) is 1.59. The van der Waals surface area contributed by atoms with Crippen molar-refractivity contribution in [3.63, 3.8) is 0 Å². The third-order valence-electron chi connectivity index (χ3n) is 3.23. The second-order valence-electron chi connectivity index (χ2n) is 4.70. The maximum atomic E-state index is 11.7. The molecule has 0 unspecified atom stereocenters. The predicted molar refractivity (Wildman–Crippen MR) is 82.9 cm³/mol. The molecule has 5 nitrogen and oxygen atoms in total. The van der Waals surface area contributed by atoms with Gasteiger partial charge in [0.05, 0.1) is 24.4 Å². The predicted octanol–water partition coefficient (Wildman–Crippen LogP) is 2.49. The Hall–Kier alpha value is -2.35. The van der Waals surface area contributed by atoms with E-state index in [4.69, 9.17) is 9.47 Å². The summed E-state index contributed by atoms with van der Waals surface area (Å²) >= 11 is 0. The first-order valence-electron chi connectivity index (χ1n) is 6.98. The Morgan fingerprint density at radius 2 is 2.33 bits per heavy atom. The fraction of sp³-hybridized carbons (Fsp3) is 0.438. The van der Waals surface area contributed by atoms with E-state index in [0.29, 0.717) is 17.9 Å². The lowest BCUT2D eigenvalue weighted by Gasteiger charge is -2.28. The second kappa shape index (κ2) is 6.89. The van der Waals surface area contributed by atoms with Crippen LogP contribution < -0.4 is 15.4 Å². The molecule has 1 aromatic rings. The molecule has 0 bridgehead atoms. The van der Waals surface area contributed by atoms with Crippen molar-refractivity contribution in [3.8, 4) is 17.6 Å². The molecular weight excluding hydrogens is 268 g/mol. The zero-order chi connectivity index (χ0) is 15.2. The Morgan fingerprint density at radius 1 is 1.52 bits per heavy atom. The van der Waals surface area contributed by atoms with Crippen molar-refractivity contribution in [2.45, 2.75) is 25.8 Å². The van der Waals surface area contributed by atoms with E-state index in [1.165, 1.54) is 7.11 Å². The minimum absolute atomic E-state index is 0.146. The molecule has 2 N–H and O–H groups in total. The van der Waals surface area contributed by atoms with Crippen molar-refractivity contribution in [2.24, 2.45) is 0 Å². The summed E-state index contributed by atoms with van der Waals surface area (Å²) in [7, 11) is 3.17. The van der Waals surface area contributed by atoms with E-state index in [2.05, 4.69) is 22.5 Å². The van der Waals surface area contributed by atoms with Crippen LogP contribution in [-0.2, 0) is 4.74 Å². The van der Waals surface area contributed by atoms with Crippen LogP contribution in [0.15, 0.2) is 12.1 Å². The summed E-state index contributed by atoms with van der Waals surface area (Å²) in [5, 5.41) is 6.49. The molecule has 112 valence electrons. The SMILES string of the molecule is CCC#CC[C@H]1COc2cc(C(=O)OC)cc(NC)c2N1. The molecule has 0 aliphatic carbocycles. The number of carbonyl (C=O) groups excluding carboxylic acids is 1. The highest BCUT2D eigenvalue weighted by Crippen LogP contribution is 2.37. The highest BCUT2D eigenvalue weighted by atomic mass is 16.5. The van der Waals surface area contributed by atoms with E-state index in [9.17, 15) is 4.79 Å². The first-order valence-corrected chi connectivity index (χ1v) is 6.98. The zero-order valence-corrected chi connectivity index (χ0v) is 12.6. The van der Waals surface area contributed by atoms with Crippen molar-refractivity contribution in [1.29, 1.82) is 0 Å². The zero-order valence-electron chi connectivity index (χ0n) is 12.6. The van der Waals surface area contributed by atoms with E-state index in [1.807, 2.05) is 6.92 Å². The van der Waals surface area contributed by atoms with Gasteiger partial charge in [0.2, 0.25) is 0 Å². The highest BCUT2D eigenvalue weighted by molar-refractivity contribution is 5.94. The van der Waals surface area contributed by atoms with Crippen LogP contribution in [0.3, 0.4) is 0 Å². The second-order valence-corrected chi connectivity index (χ2v) is 4.70. The van der Waals surface area contributed by atoms with Crippen molar-refractivity contribution >= 4 is 17.3 Å². The Bertz CT molecular complexity index is 570. The largest absolute Gasteiger partial charge is 0.489 e. The van der Waals surface area contributed by atoms with Crippen LogP contribution in [0, 0.1) is 11.8 Å². The Morgan fingerprint density at radius 3 is 3.00 bits per heavy atom. The number of fused-ring (bicyclic) bond motifs is 1. The van der Waals surface area contributed by atoms with Gasteiger partial charge in [0, 0.05) is 19.9 Å². The lowest BCUT2D eigenvalue weighted by Crippen LogP contribution is -2.31. The first-order chi connectivity index (χ1) is 10.2. The summed E-state index contributed by atoms with van der Waals surface area (Å²) in [4.78, 5) is 11.7. The Kier molecular flexibility index (Phi) is 4.94. The van der Waals surface area contributed by atoms with Crippen LogP contribution in [0.2, 0.25) is 0 Å². The molecule has 0 saturated heterocycles. The van der Waals surface area contributed by atoms with Gasteiger partial charge in [-0.3, -0.25) is 0 Å². The van der Waals surface area contributed by atoms with Crippen LogP contribution in [0.1, 0.15) is 30.1 Å². The molecule has 1 heterocycles. The maximum Gasteiger partial charge on any atom is 0.338 e. The summed E-state index contributed by atoms with van der Waals surface area (Å²) in [6, 6.07) is 3.59. The maximum absolute atomic E-state index is 11.7. The molecule has 1 aromatic carbocycles. The summed E-state index contributed by atoms with van der Waals surface area (Å²) < 4.78 is 10.5. The van der Waals surface area contributed by atoms with Gasteiger partial charge in [-0.25, -0.2) is 4.79 Å². The van der Waals surface area contributed by atoms with Gasteiger partial charge in [-0.2, -0.15) is 0 Å². The topological polar surface area (TPSA) is 59.6 Å². The summed E-state index contributed by atoms with van der Waals surface area (Å²) in [5.74, 6) is 6.46. The number of hydrogen-bond acceptors (Lipinski definition) is 5.